The average Bonchev–Trinajstić information content (AvgIpc) is 3.20. The summed E-state index contributed by atoms with van der Waals surface area (Å²) >= 11 is 1.19. The molecule has 3 rings (SSSR count). The molecule has 0 saturated carbocycles. The second-order valence-electron chi connectivity index (χ2n) is 6.26. The number of rotatable bonds is 9. The van der Waals surface area contributed by atoms with Gasteiger partial charge in [0.05, 0.1) is 13.3 Å². The Hall–Kier alpha value is -2.94. The van der Waals surface area contributed by atoms with Gasteiger partial charge in [-0.1, -0.05) is 30.8 Å². The van der Waals surface area contributed by atoms with E-state index in [1.165, 1.54) is 23.5 Å². The molecular formula is C21H22F2N4O2S. The van der Waals surface area contributed by atoms with Crippen LogP contribution >= 0.6 is 11.8 Å². The maximum absolute atomic E-state index is 13.1. The van der Waals surface area contributed by atoms with Gasteiger partial charge in [0, 0.05) is 5.56 Å². The van der Waals surface area contributed by atoms with Gasteiger partial charge >= 0.3 is 0 Å². The second kappa shape index (κ2) is 10.2. The second-order valence-corrected chi connectivity index (χ2v) is 7.03. The summed E-state index contributed by atoms with van der Waals surface area (Å²) < 4.78 is 38.6. The van der Waals surface area contributed by atoms with Crippen LogP contribution in [0.4, 0.5) is 8.78 Å². The van der Waals surface area contributed by atoms with Crippen LogP contribution in [0.2, 0.25) is 0 Å². The lowest BCUT2D eigenvalue weighted by atomic mass is 10.1. The molecule has 0 saturated heterocycles. The zero-order valence-corrected chi connectivity index (χ0v) is 17.7. The summed E-state index contributed by atoms with van der Waals surface area (Å²) in [5.74, 6) is 0.923. The molecule has 0 bridgehead atoms. The molecule has 1 heterocycles. The Balaban J connectivity index is 1.80. The molecule has 6 nitrogen and oxygen atoms in total. The molecule has 2 aromatic carbocycles. The third-order valence-corrected chi connectivity index (χ3v) is 4.99. The zero-order chi connectivity index (χ0) is 21.5. The fourth-order valence-electron chi connectivity index (χ4n) is 2.75. The summed E-state index contributed by atoms with van der Waals surface area (Å²) in [6.45, 7) is 2.39. The number of thioether (sulfide) groups is 1. The van der Waals surface area contributed by atoms with E-state index in [4.69, 9.17) is 9.47 Å². The van der Waals surface area contributed by atoms with Crippen molar-refractivity contribution in [3.8, 4) is 11.5 Å². The number of aryl methyl sites for hydroxylation is 1. The number of alkyl halides is 2. The van der Waals surface area contributed by atoms with Crippen molar-refractivity contribution in [3.63, 3.8) is 0 Å². The van der Waals surface area contributed by atoms with Crippen molar-refractivity contribution < 1.29 is 18.3 Å². The minimum atomic E-state index is -2.77. The highest BCUT2D eigenvalue weighted by atomic mass is 32.2. The lowest BCUT2D eigenvalue weighted by molar-refractivity contribution is 0.135. The van der Waals surface area contributed by atoms with Crippen molar-refractivity contribution in [2.45, 2.75) is 31.5 Å². The molecular weight excluding hydrogens is 410 g/mol. The van der Waals surface area contributed by atoms with Gasteiger partial charge in [-0.25, -0.2) is 8.78 Å². The van der Waals surface area contributed by atoms with Gasteiger partial charge < -0.3 is 9.47 Å². The Morgan fingerprint density at radius 3 is 2.57 bits per heavy atom. The van der Waals surface area contributed by atoms with E-state index in [2.05, 4.69) is 22.2 Å². The summed E-state index contributed by atoms with van der Waals surface area (Å²) in [5, 5.41) is 11.7. The van der Waals surface area contributed by atoms with Crippen LogP contribution in [0.5, 0.6) is 11.5 Å². The maximum Gasteiger partial charge on any atom is 0.299 e. The third-order valence-electron chi connectivity index (χ3n) is 4.37. The van der Waals surface area contributed by atoms with E-state index in [0.29, 0.717) is 17.9 Å². The fraction of sp³-hybridized carbons (Fsp3) is 0.286. The first-order valence-corrected chi connectivity index (χ1v) is 10.5. The first-order chi connectivity index (χ1) is 14.5. The van der Waals surface area contributed by atoms with Crippen molar-refractivity contribution in [2.75, 3.05) is 13.4 Å². The molecule has 30 heavy (non-hydrogen) atoms. The molecule has 0 radical (unpaired) electrons. The largest absolute Gasteiger partial charge is 0.496 e. The minimum absolute atomic E-state index is 0.286. The quantitative estimate of drug-likeness (QED) is 0.353. The molecule has 9 heteroatoms. The van der Waals surface area contributed by atoms with Gasteiger partial charge in [-0.15, -0.1) is 10.2 Å². The lowest BCUT2D eigenvalue weighted by Gasteiger charge is -2.11. The molecule has 0 N–H and O–H groups in total. The van der Waals surface area contributed by atoms with Crippen LogP contribution in [0.25, 0.3) is 0 Å². The van der Waals surface area contributed by atoms with Gasteiger partial charge in [0.15, 0.2) is 0 Å². The molecule has 0 aliphatic carbocycles. The highest BCUT2D eigenvalue weighted by molar-refractivity contribution is 7.98. The van der Waals surface area contributed by atoms with Crippen LogP contribution in [0.3, 0.4) is 0 Å². The number of aromatic nitrogens is 3. The van der Waals surface area contributed by atoms with Crippen LogP contribution in [-0.4, -0.2) is 34.5 Å². The van der Waals surface area contributed by atoms with Crippen molar-refractivity contribution in [1.82, 2.24) is 14.9 Å². The van der Waals surface area contributed by atoms with Crippen LogP contribution in [0, 0.1) is 0 Å². The molecule has 0 amide bonds. The molecule has 0 spiro atoms. The lowest BCUT2D eigenvalue weighted by Crippen LogP contribution is -2.02. The average molecular weight is 432 g/mol. The highest BCUT2D eigenvalue weighted by Crippen LogP contribution is 2.24. The molecule has 0 aliphatic rings. The highest BCUT2D eigenvalue weighted by Gasteiger charge is 2.19. The van der Waals surface area contributed by atoms with Crippen LogP contribution in [-0.2, 0) is 13.0 Å². The number of methoxy groups -OCH3 is 1. The fourth-order valence-corrected chi connectivity index (χ4v) is 3.18. The van der Waals surface area contributed by atoms with Gasteiger partial charge in [0.2, 0.25) is 11.0 Å². The van der Waals surface area contributed by atoms with Gasteiger partial charge in [0.1, 0.15) is 18.1 Å². The predicted molar refractivity (Wildman–Crippen MR) is 113 cm³/mol. The minimum Gasteiger partial charge on any atom is -0.496 e. The van der Waals surface area contributed by atoms with E-state index in [1.54, 1.807) is 25.5 Å². The Morgan fingerprint density at radius 2 is 1.93 bits per heavy atom. The van der Waals surface area contributed by atoms with E-state index in [9.17, 15) is 8.78 Å². The van der Waals surface area contributed by atoms with Crippen LogP contribution in [0.1, 0.15) is 35.9 Å². The molecule has 3 aromatic rings. The molecule has 0 atom stereocenters. The number of hydrogen-bond acceptors (Lipinski definition) is 6. The van der Waals surface area contributed by atoms with Gasteiger partial charge in [-0.3, -0.25) is 0 Å². The summed E-state index contributed by atoms with van der Waals surface area (Å²) in [6.07, 6.45) is 1.40. The molecule has 158 valence electrons. The monoisotopic (exact) mass is 432 g/mol. The van der Waals surface area contributed by atoms with Gasteiger partial charge in [-0.05, 0) is 54.1 Å². The van der Waals surface area contributed by atoms with E-state index in [-0.39, 0.29) is 5.16 Å². The Labute approximate surface area is 177 Å². The van der Waals surface area contributed by atoms with E-state index in [0.717, 1.165) is 22.4 Å². The van der Waals surface area contributed by atoms with Crippen LogP contribution < -0.4 is 9.47 Å². The number of ether oxygens (including phenoxy) is 2. The molecule has 0 unspecified atom stereocenters. The van der Waals surface area contributed by atoms with E-state index < -0.39 is 12.2 Å². The van der Waals surface area contributed by atoms with Crippen molar-refractivity contribution >= 4 is 18.0 Å². The van der Waals surface area contributed by atoms with E-state index >= 15 is 0 Å². The summed E-state index contributed by atoms with van der Waals surface area (Å²) in [4.78, 5) is 0. The molecule has 0 fully saturated rings. The summed E-state index contributed by atoms with van der Waals surface area (Å²) in [5.41, 5.74) is 2.75. The Bertz CT molecular complexity index is 1010. The first kappa shape index (κ1) is 21.8. The molecule has 0 aliphatic heterocycles. The van der Waals surface area contributed by atoms with Crippen LogP contribution in [0.15, 0.2) is 52.7 Å². The predicted octanol–water partition coefficient (Wildman–Crippen LogP) is 4.97. The Kier molecular flexibility index (Phi) is 7.40. The van der Waals surface area contributed by atoms with Crippen molar-refractivity contribution in [2.24, 2.45) is 5.10 Å². The standard InChI is InChI=1S/C21H22F2N4O2S/c1-4-14-5-8-17(9-6-14)29-13-16-11-15(7-10-18(16)28-2)12-24-27-20(19(22)23)25-26-21(27)30-3/h5-12,19H,4,13H2,1-3H3/b24-12+. The number of hydrogen-bond donors (Lipinski definition) is 0. The number of nitrogens with zero attached hydrogens (tertiary/aromatic N) is 4. The van der Waals surface area contributed by atoms with Crippen molar-refractivity contribution in [3.05, 3.63) is 65.0 Å². The number of benzene rings is 2. The molecule has 1 aromatic heterocycles. The van der Waals surface area contributed by atoms with E-state index in [1.807, 2.05) is 30.3 Å². The third kappa shape index (κ3) is 5.15. The maximum atomic E-state index is 13.1. The topological polar surface area (TPSA) is 61.5 Å². The summed E-state index contributed by atoms with van der Waals surface area (Å²) in [7, 11) is 1.58. The first-order valence-electron chi connectivity index (χ1n) is 9.26. The number of halogens is 2. The SMILES string of the molecule is CCc1ccc(OCc2cc(/C=N/n3c(SC)nnc3C(F)F)ccc2OC)cc1. The van der Waals surface area contributed by atoms with Gasteiger partial charge in [-0.2, -0.15) is 9.78 Å². The smallest absolute Gasteiger partial charge is 0.299 e. The van der Waals surface area contributed by atoms with Crippen molar-refractivity contribution in [1.29, 1.82) is 0 Å². The normalized spacial score (nSPS) is 11.4. The Morgan fingerprint density at radius 1 is 1.17 bits per heavy atom. The van der Waals surface area contributed by atoms with Gasteiger partial charge in [0.25, 0.3) is 6.43 Å². The summed E-state index contributed by atoms with van der Waals surface area (Å²) in [6, 6.07) is 13.3. The zero-order valence-electron chi connectivity index (χ0n) is 16.9.